The molecule has 1 aromatic rings. The number of benzene rings is 1. The molecule has 0 aliphatic heterocycles. The quantitative estimate of drug-likeness (QED) is 0.857. The van der Waals surface area contributed by atoms with E-state index in [1.165, 1.54) is 19.3 Å². The zero-order chi connectivity index (χ0) is 14.8. The number of hydrogen-bond acceptors (Lipinski definition) is 2. The molecule has 110 valence electrons. The molecule has 0 radical (unpaired) electrons. The summed E-state index contributed by atoms with van der Waals surface area (Å²) in [6.45, 7) is 8.59. The molecule has 0 saturated heterocycles. The Kier molecular flexibility index (Phi) is 4.36. The molecule has 0 heterocycles. The number of nitrogens with one attached hydrogen (secondary N) is 2. The first-order valence-corrected chi connectivity index (χ1v) is 7.60. The van der Waals surface area contributed by atoms with Crippen molar-refractivity contribution < 1.29 is 4.79 Å². The van der Waals surface area contributed by atoms with E-state index in [4.69, 9.17) is 0 Å². The molecule has 1 aliphatic rings. The van der Waals surface area contributed by atoms with Crippen LogP contribution in [0, 0.1) is 12.3 Å². The van der Waals surface area contributed by atoms with Gasteiger partial charge in [0.1, 0.15) is 0 Å². The second kappa shape index (κ2) is 5.86. The smallest absolute Gasteiger partial charge is 0.224 e. The molecule has 2 rings (SSSR count). The number of hydrogen-bond donors (Lipinski definition) is 2. The Morgan fingerprint density at radius 2 is 2.05 bits per heavy atom. The van der Waals surface area contributed by atoms with E-state index in [0.717, 1.165) is 16.9 Å². The van der Waals surface area contributed by atoms with Crippen LogP contribution < -0.4 is 10.6 Å². The number of rotatable bonds is 4. The van der Waals surface area contributed by atoms with E-state index in [0.29, 0.717) is 17.9 Å². The minimum atomic E-state index is 0.0615. The van der Waals surface area contributed by atoms with Gasteiger partial charge in [0.25, 0.3) is 0 Å². The average Bonchev–Trinajstić information content (AvgIpc) is 2.73. The van der Waals surface area contributed by atoms with Crippen molar-refractivity contribution in [1.29, 1.82) is 0 Å². The summed E-state index contributed by atoms with van der Waals surface area (Å²) in [4.78, 5) is 11.6. The lowest BCUT2D eigenvalue weighted by Gasteiger charge is -2.29. The molecule has 1 unspecified atom stereocenters. The van der Waals surface area contributed by atoms with Gasteiger partial charge >= 0.3 is 0 Å². The number of anilines is 2. The summed E-state index contributed by atoms with van der Waals surface area (Å²) in [5.41, 5.74) is 3.52. The molecule has 0 bridgehead atoms. The van der Waals surface area contributed by atoms with Crippen molar-refractivity contribution in [1.82, 2.24) is 0 Å². The number of carbonyl (C=O) groups excluding carboxylic acids is 1. The fraction of sp³-hybridized carbons (Fsp3) is 0.588. The van der Waals surface area contributed by atoms with Gasteiger partial charge < -0.3 is 10.6 Å². The normalized spacial score (nSPS) is 20.7. The Hall–Kier alpha value is -1.51. The van der Waals surface area contributed by atoms with E-state index in [1.807, 2.05) is 19.1 Å². The highest BCUT2D eigenvalue weighted by molar-refractivity contribution is 5.92. The van der Waals surface area contributed by atoms with Crippen molar-refractivity contribution in [2.24, 2.45) is 5.41 Å². The van der Waals surface area contributed by atoms with Gasteiger partial charge in [0.2, 0.25) is 5.91 Å². The largest absolute Gasteiger partial charge is 0.381 e. The molecule has 1 aromatic carbocycles. The first-order valence-electron chi connectivity index (χ1n) is 7.60. The summed E-state index contributed by atoms with van der Waals surface area (Å²) in [6, 6.07) is 6.58. The fourth-order valence-electron chi connectivity index (χ4n) is 2.95. The highest BCUT2D eigenvalue weighted by Crippen LogP contribution is 2.39. The summed E-state index contributed by atoms with van der Waals surface area (Å²) in [6.07, 6.45) is 4.29. The third kappa shape index (κ3) is 3.14. The second-order valence-corrected chi connectivity index (χ2v) is 6.46. The summed E-state index contributed by atoms with van der Waals surface area (Å²) in [5, 5.41) is 6.65. The SMILES string of the molecule is CCC(=O)Nc1cccc(NC2CCCC2(C)C)c1C. The molecule has 1 fully saturated rings. The van der Waals surface area contributed by atoms with Gasteiger partial charge in [-0.25, -0.2) is 0 Å². The second-order valence-electron chi connectivity index (χ2n) is 6.46. The van der Waals surface area contributed by atoms with E-state index >= 15 is 0 Å². The molecule has 0 aromatic heterocycles. The summed E-state index contributed by atoms with van der Waals surface area (Å²) in [7, 11) is 0. The summed E-state index contributed by atoms with van der Waals surface area (Å²) in [5.74, 6) is 0.0615. The lowest BCUT2D eigenvalue weighted by atomic mass is 9.87. The van der Waals surface area contributed by atoms with Crippen molar-refractivity contribution in [2.45, 2.75) is 59.4 Å². The van der Waals surface area contributed by atoms with Crippen molar-refractivity contribution in [2.75, 3.05) is 10.6 Å². The van der Waals surface area contributed by atoms with Crippen LogP contribution in [0.5, 0.6) is 0 Å². The standard InChI is InChI=1S/C17H26N2O/c1-5-16(20)19-14-9-6-8-13(12(14)2)18-15-10-7-11-17(15,3)4/h6,8-9,15,18H,5,7,10-11H2,1-4H3,(H,19,20). The molecule has 2 N–H and O–H groups in total. The van der Waals surface area contributed by atoms with Crippen LogP contribution in [0.3, 0.4) is 0 Å². The average molecular weight is 274 g/mol. The number of amides is 1. The minimum absolute atomic E-state index is 0.0615. The fourth-order valence-corrected chi connectivity index (χ4v) is 2.95. The Labute approximate surface area is 122 Å². The third-order valence-electron chi connectivity index (χ3n) is 4.52. The summed E-state index contributed by atoms with van der Waals surface area (Å²) >= 11 is 0. The Bertz CT molecular complexity index is 494. The van der Waals surface area contributed by atoms with E-state index in [2.05, 4.69) is 37.5 Å². The lowest BCUT2D eigenvalue weighted by molar-refractivity contribution is -0.115. The summed E-state index contributed by atoms with van der Waals surface area (Å²) < 4.78 is 0. The van der Waals surface area contributed by atoms with Crippen molar-refractivity contribution in [3.05, 3.63) is 23.8 Å². The number of carbonyl (C=O) groups is 1. The van der Waals surface area contributed by atoms with Gasteiger partial charge in [-0.3, -0.25) is 4.79 Å². The third-order valence-corrected chi connectivity index (χ3v) is 4.52. The van der Waals surface area contributed by atoms with Crippen molar-refractivity contribution in [3.8, 4) is 0 Å². The maximum atomic E-state index is 11.6. The molecular formula is C17H26N2O. The predicted octanol–water partition coefficient (Wildman–Crippen LogP) is 4.33. The Balaban J connectivity index is 2.16. The van der Waals surface area contributed by atoms with Crippen LogP contribution in [-0.4, -0.2) is 11.9 Å². The van der Waals surface area contributed by atoms with Crippen LogP contribution in [0.15, 0.2) is 18.2 Å². The van der Waals surface area contributed by atoms with Crippen LogP contribution in [0.1, 0.15) is 52.0 Å². The molecular weight excluding hydrogens is 248 g/mol. The van der Waals surface area contributed by atoms with Crippen LogP contribution in [0.4, 0.5) is 11.4 Å². The van der Waals surface area contributed by atoms with E-state index < -0.39 is 0 Å². The van der Waals surface area contributed by atoms with Crippen molar-refractivity contribution >= 4 is 17.3 Å². The predicted molar refractivity (Wildman–Crippen MR) is 85.1 cm³/mol. The maximum absolute atomic E-state index is 11.6. The van der Waals surface area contributed by atoms with Crippen LogP contribution in [0.2, 0.25) is 0 Å². The Morgan fingerprint density at radius 3 is 2.65 bits per heavy atom. The minimum Gasteiger partial charge on any atom is -0.381 e. The molecule has 1 amide bonds. The molecule has 20 heavy (non-hydrogen) atoms. The first-order chi connectivity index (χ1) is 9.44. The molecule has 0 spiro atoms. The molecule has 1 atom stereocenters. The van der Waals surface area contributed by atoms with E-state index in [-0.39, 0.29) is 5.91 Å². The van der Waals surface area contributed by atoms with Gasteiger partial charge in [-0.2, -0.15) is 0 Å². The molecule has 3 heteroatoms. The maximum Gasteiger partial charge on any atom is 0.224 e. The molecule has 1 saturated carbocycles. The van der Waals surface area contributed by atoms with Crippen LogP contribution >= 0.6 is 0 Å². The van der Waals surface area contributed by atoms with E-state index in [1.54, 1.807) is 0 Å². The van der Waals surface area contributed by atoms with Gasteiger partial charge in [-0.1, -0.05) is 33.3 Å². The van der Waals surface area contributed by atoms with Gasteiger partial charge in [-0.15, -0.1) is 0 Å². The molecule has 3 nitrogen and oxygen atoms in total. The first kappa shape index (κ1) is 14.9. The zero-order valence-electron chi connectivity index (χ0n) is 13.0. The Morgan fingerprint density at radius 1 is 1.35 bits per heavy atom. The highest BCUT2D eigenvalue weighted by Gasteiger charge is 2.34. The highest BCUT2D eigenvalue weighted by atomic mass is 16.1. The zero-order valence-corrected chi connectivity index (χ0v) is 13.0. The van der Waals surface area contributed by atoms with Crippen LogP contribution in [-0.2, 0) is 4.79 Å². The van der Waals surface area contributed by atoms with Crippen LogP contribution in [0.25, 0.3) is 0 Å². The van der Waals surface area contributed by atoms with Gasteiger partial charge in [0.15, 0.2) is 0 Å². The monoisotopic (exact) mass is 274 g/mol. The lowest BCUT2D eigenvalue weighted by Crippen LogP contribution is -2.31. The van der Waals surface area contributed by atoms with Crippen molar-refractivity contribution in [3.63, 3.8) is 0 Å². The van der Waals surface area contributed by atoms with Gasteiger partial charge in [0, 0.05) is 23.8 Å². The molecule has 1 aliphatic carbocycles. The van der Waals surface area contributed by atoms with E-state index in [9.17, 15) is 4.79 Å². The van der Waals surface area contributed by atoms with Gasteiger partial charge in [-0.05, 0) is 42.9 Å². The topological polar surface area (TPSA) is 41.1 Å². The van der Waals surface area contributed by atoms with Gasteiger partial charge in [0.05, 0.1) is 0 Å².